The summed E-state index contributed by atoms with van der Waals surface area (Å²) < 4.78 is 0. The molecule has 2 aromatic rings. The van der Waals surface area contributed by atoms with Gasteiger partial charge in [0.15, 0.2) is 0 Å². The summed E-state index contributed by atoms with van der Waals surface area (Å²) in [6.07, 6.45) is 5.87. The van der Waals surface area contributed by atoms with Crippen molar-refractivity contribution in [3.63, 3.8) is 0 Å². The number of carbonyl (C=O) groups is 2. The Balaban J connectivity index is 1.42. The van der Waals surface area contributed by atoms with Crippen LogP contribution in [0.5, 0.6) is 0 Å². The lowest BCUT2D eigenvalue weighted by atomic mass is 10.1. The van der Waals surface area contributed by atoms with E-state index in [1.165, 1.54) is 18.2 Å². The maximum atomic E-state index is 12.5. The van der Waals surface area contributed by atoms with Crippen LogP contribution in [-0.4, -0.2) is 29.3 Å². The van der Waals surface area contributed by atoms with E-state index < -0.39 is 4.92 Å². The van der Waals surface area contributed by atoms with Crippen LogP contribution in [0.15, 0.2) is 48.5 Å². The first-order valence-electron chi connectivity index (χ1n) is 9.19. The van der Waals surface area contributed by atoms with E-state index in [1.807, 2.05) is 0 Å². The number of anilines is 1. The summed E-state index contributed by atoms with van der Waals surface area (Å²) in [6, 6.07) is 12.0. The molecule has 0 saturated heterocycles. The Hall–Kier alpha value is -3.48. The van der Waals surface area contributed by atoms with Gasteiger partial charge in [-0.15, -0.1) is 0 Å². The SMILES string of the molecule is O=C(NC1CC1)c1ccc(/C=C/C(=O)N2CCc3cc([N+](=O)[O-])ccc32)cc1. The van der Waals surface area contributed by atoms with Crippen LogP contribution in [0.25, 0.3) is 6.08 Å². The fourth-order valence-electron chi connectivity index (χ4n) is 3.23. The number of non-ortho nitro benzene ring substituents is 1. The standard InChI is InChI=1S/C21H19N3O4/c25-20(23-12-11-16-13-18(24(27)28)8-9-19(16)23)10-3-14-1-4-15(5-2-14)21(26)22-17-6-7-17/h1-5,8-10,13,17H,6-7,11-12H2,(H,22,26)/b10-3+. The van der Waals surface area contributed by atoms with Crippen molar-refractivity contribution in [1.82, 2.24) is 5.32 Å². The molecule has 1 saturated carbocycles. The molecule has 1 N–H and O–H groups in total. The minimum absolute atomic E-state index is 0.0365. The second-order valence-corrected chi connectivity index (χ2v) is 7.01. The van der Waals surface area contributed by atoms with Crippen molar-refractivity contribution in [1.29, 1.82) is 0 Å². The quantitative estimate of drug-likeness (QED) is 0.492. The van der Waals surface area contributed by atoms with Gasteiger partial charge in [-0.3, -0.25) is 19.7 Å². The molecule has 1 aliphatic heterocycles. The van der Waals surface area contributed by atoms with E-state index in [4.69, 9.17) is 0 Å². The molecule has 0 bridgehead atoms. The van der Waals surface area contributed by atoms with Crippen molar-refractivity contribution in [3.05, 3.63) is 75.3 Å². The number of nitro groups is 1. The van der Waals surface area contributed by atoms with E-state index in [0.29, 0.717) is 30.3 Å². The molecule has 0 radical (unpaired) electrons. The molecular formula is C21H19N3O4. The van der Waals surface area contributed by atoms with Crippen LogP contribution in [-0.2, 0) is 11.2 Å². The van der Waals surface area contributed by atoms with Crippen molar-refractivity contribution in [2.45, 2.75) is 25.3 Å². The molecule has 0 spiro atoms. The van der Waals surface area contributed by atoms with Gasteiger partial charge in [0, 0.05) is 42.0 Å². The summed E-state index contributed by atoms with van der Waals surface area (Å²) in [4.78, 5) is 36.6. The van der Waals surface area contributed by atoms with Crippen LogP contribution in [0.4, 0.5) is 11.4 Å². The molecule has 1 aliphatic carbocycles. The zero-order chi connectivity index (χ0) is 19.7. The second kappa shape index (κ2) is 7.26. The Kier molecular flexibility index (Phi) is 4.65. The van der Waals surface area contributed by atoms with Crippen molar-refractivity contribution < 1.29 is 14.5 Å². The number of benzene rings is 2. The first kappa shape index (κ1) is 17.9. The first-order chi connectivity index (χ1) is 13.5. The topological polar surface area (TPSA) is 92.6 Å². The third-order valence-electron chi connectivity index (χ3n) is 4.94. The Morgan fingerprint density at radius 2 is 1.89 bits per heavy atom. The zero-order valence-electron chi connectivity index (χ0n) is 15.1. The number of nitrogens with one attached hydrogen (secondary N) is 1. The number of rotatable bonds is 5. The number of hydrogen-bond acceptors (Lipinski definition) is 4. The highest BCUT2D eigenvalue weighted by Crippen LogP contribution is 2.31. The number of fused-ring (bicyclic) bond motifs is 1. The first-order valence-corrected chi connectivity index (χ1v) is 9.19. The molecule has 7 heteroatoms. The maximum Gasteiger partial charge on any atom is 0.269 e. The number of nitrogens with zero attached hydrogens (tertiary/aromatic N) is 2. The lowest BCUT2D eigenvalue weighted by Gasteiger charge is -2.14. The van der Waals surface area contributed by atoms with Gasteiger partial charge in [-0.1, -0.05) is 12.1 Å². The molecule has 142 valence electrons. The summed E-state index contributed by atoms with van der Waals surface area (Å²) in [5, 5.41) is 13.8. The highest BCUT2D eigenvalue weighted by Gasteiger charge is 2.25. The predicted octanol–water partition coefficient (Wildman–Crippen LogP) is 3.09. The molecule has 1 fully saturated rings. The van der Waals surface area contributed by atoms with Crippen molar-refractivity contribution in [3.8, 4) is 0 Å². The van der Waals surface area contributed by atoms with E-state index in [2.05, 4.69) is 5.32 Å². The van der Waals surface area contributed by atoms with Gasteiger partial charge in [0.1, 0.15) is 0 Å². The lowest BCUT2D eigenvalue weighted by molar-refractivity contribution is -0.384. The van der Waals surface area contributed by atoms with Crippen molar-refractivity contribution >= 4 is 29.3 Å². The van der Waals surface area contributed by atoms with Gasteiger partial charge >= 0.3 is 0 Å². The second-order valence-electron chi connectivity index (χ2n) is 7.01. The molecule has 2 aromatic carbocycles. The van der Waals surface area contributed by atoms with Gasteiger partial charge in [0.2, 0.25) is 0 Å². The lowest BCUT2D eigenvalue weighted by Crippen LogP contribution is -2.26. The summed E-state index contributed by atoms with van der Waals surface area (Å²) in [6.45, 7) is 0.500. The normalized spacial score (nSPS) is 15.5. The van der Waals surface area contributed by atoms with Crippen LogP contribution in [0.2, 0.25) is 0 Å². The minimum atomic E-state index is -0.431. The largest absolute Gasteiger partial charge is 0.349 e. The molecule has 0 atom stereocenters. The summed E-state index contributed by atoms with van der Waals surface area (Å²) in [7, 11) is 0. The van der Waals surface area contributed by atoms with Crippen LogP contribution >= 0.6 is 0 Å². The number of nitro benzene ring substituents is 1. The Morgan fingerprint density at radius 1 is 1.14 bits per heavy atom. The van der Waals surface area contributed by atoms with Gasteiger partial charge in [-0.25, -0.2) is 0 Å². The third kappa shape index (κ3) is 3.78. The molecular weight excluding hydrogens is 358 g/mol. The van der Waals surface area contributed by atoms with Gasteiger partial charge in [0.25, 0.3) is 17.5 Å². The number of amides is 2. The molecule has 7 nitrogen and oxygen atoms in total. The molecule has 28 heavy (non-hydrogen) atoms. The van der Waals surface area contributed by atoms with Gasteiger partial charge in [0.05, 0.1) is 4.92 Å². The molecule has 2 amide bonds. The Bertz CT molecular complexity index is 978. The van der Waals surface area contributed by atoms with E-state index in [-0.39, 0.29) is 17.5 Å². The monoisotopic (exact) mass is 377 g/mol. The Labute approximate surface area is 161 Å². The minimum Gasteiger partial charge on any atom is -0.349 e. The molecule has 2 aliphatic rings. The van der Waals surface area contributed by atoms with Gasteiger partial charge in [-0.05, 0) is 54.7 Å². The van der Waals surface area contributed by atoms with Crippen molar-refractivity contribution in [2.24, 2.45) is 0 Å². The highest BCUT2D eigenvalue weighted by atomic mass is 16.6. The van der Waals surface area contributed by atoms with Crippen LogP contribution in [0, 0.1) is 10.1 Å². The summed E-state index contributed by atoms with van der Waals surface area (Å²) >= 11 is 0. The fourth-order valence-corrected chi connectivity index (χ4v) is 3.23. The van der Waals surface area contributed by atoms with E-state index in [1.54, 1.807) is 41.3 Å². The van der Waals surface area contributed by atoms with Crippen LogP contribution in [0.3, 0.4) is 0 Å². The zero-order valence-corrected chi connectivity index (χ0v) is 15.1. The Morgan fingerprint density at radius 3 is 2.57 bits per heavy atom. The highest BCUT2D eigenvalue weighted by molar-refractivity contribution is 6.05. The third-order valence-corrected chi connectivity index (χ3v) is 4.94. The fraction of sp³-hybridized carbons (Fsp3) is 0.238. The molecule has 4 rings (SSSR count). The molecule has 0 aromatic heterocycles. The summed E-state index contributed by atoms with van der Waals surface area (Å²) in [5.74, 6) is -0.250. The van der Waals surface area contributed by atoms with Gasteiger partial charge in [-0.2, -0.15) is 0 Å². The smallest absolute Gasteiger partial charge is 0.269 e. The van der Waals surface area contributed by atoms with E-state index >= 15 is 0 Å². The average Bonchev–Trinajstić information content (AvgIpc) is 3.41. The van der Waals surface area contributed by atoms with E-state index in [0.717, 1.165) is 24.0 Å². The van der Waals surface area contributed by atoms with Gasteiger partial charge < -0.3 is 10.2 Å². The average molecular weight is 377 g/mol. The predicted molar refractivity (Wildman–Crippen MR) is 105 cm³/mol. The number of carbonyl (C=O) groups excluding carboxylic acids is 2. The van der Waals surface area contributed by atoms with Crippen LogP contribution < -0.4 is 10.2 Å². The van der Waals surface area contributed by atoms with Crippen molar-refractivity contribution in [2.75, 3.05) is 11.4 Å². The molecule has 0 unspecified atom stereocenters. The van der Waals surface area contributed by atoms with E-state index in [9.17, 15) is 19.7 Å². The maximum absolute atomic E-state index is 12.5. The number of hydrogen-bond donors (Lipinski definition) is 1. The van der Waals surface area contributed by atoms with Crippen LogP contribution in [0.1, 0.15) is 34.3 Å². The molecule has 1 heterocycles. The summed E-state index contributed by atoms with van der Waals surface area (Å²) in [5.41, 5.74) is 2.98.